The smallest absolute Gasteiger partial charge is 0.341 e. The molecule has 0 unspecified atom stereocenters. The summed E-state index contributed by atoms with van der Waals surface area (Å²) >= 11 is 0. The highest BCUT2D eigenvalue weighted by molar-refractivity contribution is 5.78. The molecule has 0 radical (unpaired) electrons. The van der Waals surface area contributed by atoms with Crippen LogP contribution in [0.5, 0.6) is 5.75 Å². The summed E-state index contributed by atoms with van der Waals surface area (Å²) in [7, 11) is 0. The zero-order valence-corrected chi connectivity index (χ0v) is 12.3. The van der Waals surface area contributed by atoms with Gasteiger partial charge in [0.2, 0.25) is 5.89 Å². The minimum Gasteiger partial charge on any atom is -0.482 e. The van der Waals surface area contributed by atoms with Crippen molar-refractivity contribution in [2.24, 2.45) is 0 Å². The van der Waals surface area contributed by atoms with Gasteiger partial charge in [-0.25, -0.2) is 9.78 Å². The van der Waals surface area contributed by atoms with E-state index in [0.29, 0.717) is 11.6 Å². The molecule has 1 aromatic heterocycles. The van der Waals surface area contributed by atoms with Gasteiger partial charge in [-0.3, -0.25) is 0 Å². The number of ether oxygens (including phenoxy) is 1. The lowest BCUT2D eigenvalue weighted by Gasteiger charge is -2.03. The maximum atomic E-state index is 10.5. The Bertz CT molecular complexity index is 795. The van der Waals surface area contributed by atoms with Crippen molar-refractivity contribution in [3.8, 4) is 17.2 Å². The third-order valence-corrected chi connectivity index (χ3v) is 3.47. The molecule has 0 spiro atoms. The highest BCUT2D eigenvalue weighted by atomic mass is 16.5. The van der Waals surface area contributed by atoms with E-state index in [4.69, 9.17) is 14.3 Å². The van der Waals surface area contributed by atoms with E-state index in [2.05, 4.69) is 4.98 Å². The van der Waals surface area contributed by atoms with Crippen LogP contribution in [0.4, 0.5) is 0 Å². The number of hydrogen-bond acceptors (Lipinski definition) is 4. The van der Waals surface area contributed by atoms with E-state index in [9.17, 15) is 4.79 Å². The Kier molecular flexibility index (Phi) is 3.55. The van der Waals surface area contributed by atoms with Crippen LogP contribution in [0.1, 0.15) is 11.1 Å². The average Bonchev–Trinajstić information content (AvgIpc) is 2.89. The zero-order chi connectivity index (χ0) is 15.7. The van der Waals surface area contributed by atoms with Crippen molar-refractivity contribution in [3.05, 3.63) is 47.5 Å². The fourth-order valence-corrected chi connectivity index (χ4v) is 2.14. The van der Waals surface area contributed by atoms with E-state index in [0.717, 1.165) is 22.2 Å². The number of carboxylic acids is 1. The van der Waals surface area contributed by atoms with Gasteiger partial charge in [-0.15, -0.1) is 0 Å². The highest BCUT2D eigenvalue weighted by Gasteiger charge is 2.10. The third kappa shape index (κ3) is 2.79. The summed E-state index contributed by atoms with van der Waals surface area (Å²) in [6, 6.07) is 11.0. The molecule has 3 rings (SSSR count). The van der Waals surface area contributed by atoms with E-state index in [1.54, 1.807) is 24.3 Å². The normalized spacial score (nSPS) is 10.8. The molecule has 0 amide bonds. The molecule has 5 nitrogen and oxygen atoms in total. The van der Waals surface area contributed by atoms with Crippen molar-refractivity contribution >= 4 is 17.1 Å². The van der Waals surface area contributed by atoms with Gasteiger partial charge < -0.3 is 14.3 Å². The lowest BCUT2D eigenvalue weighted by molar-refractivity contribution is -0.139. The van der Waals surface area contributed by atoms with Crippen molar-refractivity contribution in [1.29, 1.82) is 0 Å². The number of carbonyl (C=O) groups is 1. The standard InChI is InChI=1S/C17H15NO4/c1-10-7-14-15(8-11(10)2)22-17(18-14)12-3-5-13(6-4-12)21-9-16(19)20/h3-8H,9H2,1-2H3,(H,19,20). The number of aryl methyl sites for hydroxylation is 2. The summed E-state index contributed by atoms with van der Waals surface area (Å²) < 4.78 is 10.9. The summed E-state index contributed by atoms with van der Waals surface area (Å²) in [5.74, 6) is 0.0208. The predicted molar refractivity (Wildman–Crippen MR) is 82.0 cm³/mol. The molecule has 0 aliphatic heterocycles. The van der Waals surface area contributed by atoms with Crippen molar-refractivity contribution in [2.75, 3.05) is 6.61 Å². The number of carboxylic acid groups (broad SMARTS) is 1. The van der Waals surface area contributed by atoms with Gasteiger partial charge in [0.15, 0.2) is 12.2 Å². The van der Waals surface area contributed by atoms with Gasteiger partial charge in [-0.05, 0) is 61.4 Å². The Morgan fingerprint density at radius 1 is 1.18 bits per heavy atom. The maximum absolute atomic E-state index is 10.5. The summed E-state index contributed by atoms with van der Waals surface area (Å²) in [6.07, 6.45) is 0. The molecule has 0 bridgehead atoms. The van der Waals surface area contributed by atoms with Gasteiger partial charge in [0, 0.05) is 5.56 Å². The second kappa shape index (κ2) is 5.52. The van der Waals surface area contributed by atoms with Gasteiger partial charge in [0.1, 0.15) is 11.3 Å². The zero-order valence-electron chi connectivity index (χ0n) is 12.3. The maximum Gasteiger partial charge on any atom is 0.341 e. The minimum absolute atomic E-state index is 0.360. The molecule has 0 saturated carbocycles. The molecule has 2 aromatic carbocycles. The summed E-state index contributed by atoms with van der Waals surface area (Å²) in [6.45, 7) is 3.71. The van der Waals surface area contributed by atoms with E-state index in [-0.39, 0.29) is 6.61 Å². The lowest BCUT2D eigenvalue weighted by atomic mass is 10.1. The van der Waals surface area contributed by atoms with Gasteiger partial charge in [0.25, 0.3) is 0 Å². The molecule has 3 aromatic rings. The quantitative estimate of drug-likeness (QED) is 0.797. The SMILES string of the molecule is Cc1cc2nc(-c3ccc(OCC(=O)O)cc3)oc2cc1C. The number of fused-ring (bicyclic) bond motifs is 1. The molecule has 22 heavy (non-hydrogen) atoms. The minimum atomic E-state index is -1.01. The molecule has 0 aliphatic rings. The molecular weight excluding hydrogens is 282 g/mol. The van der Waals surface area contributed by atoms with Crippen LogP contribution in [-0.2, 0) is 4.79 Å². The first-order chi connectivity index (χ1) is 10.5. The number of rotatable bonds is 4. The Hall–Kier alpha value is -2.82. The second-order valence-electron chi connectivity index (χ2n) is 5.13. The van der Waals surface area contributed by atoms with Crippen LogP contribution in [0.2, 0.25) is 0 Å². The fraction of sp³-hybridized carbons (Fsp3) is 0.176. The monoisotopic (exact) mass is 297 g/mol. The largest absolute Gasteiger partial charge is 0.482 e. The Morgan fingerprint density at radius 3 is 2.55 bits per heavy atom. The van der Waals surface area contributed by atoms with Crippen molar-refractivity contribution in [2.45, 2.75) is 13.8 Å². The number of aliphatic carboxylic acids is 1. The first-order valence-corrected chi connectivity index (χ1v) is 6.86. The predicted octanol–water partition coefficient (Wildman–Crippen LogP) is 3.58. The van der Waals surface area contributed by atoms with Gasteiger partial charge in [0.05, 0.1) is 0 Å². The van der Waals surface area contributed by atoms with Crippen molar-refractivity contribution in [1.82, 2.24) is 4.98 Å². The molecule has 1 N–H and O–H groups in total. The number of oxazole rings is 1. The first kappa shape index (κ1) is 14.1. The van der Waals surface area contributed by atoms with E-state index < -0.39 is 5.97 Å². The molecule has 0 saturated heterocycles. The molecular formula is C17H15NO4. The molecule has 0 atom stereocenters. The van der Waals surface area contributed by atoms with Crippen LogP contribution in [-0.4, -0.2) is 22.7 Å². The van der Waals surface area contributed by atoms with E-state index in [1.165, 1.54) is 5.56 Å². The summed E-state index contributed by atoms with van der Waals surface area (Å²) in [5.41, 5.74) is 4.72. The Balaban J connectivity index is 1.89. The van der Waals surface area contributed by atoms with Crippen LogP contribution in [0.3, 0.4) is 0 Å². The summed E-state index contributed by atoms with van der Waals surface area (Å²) in [4.78, 5) is 15.0. The van der Waals surface area contributed by atoms with Crippen LogP contribution in [0.15, 0.2) is 40.8 Å². The van der Waals surface area contributed by atoms with Crippen molar-refractivity contribution in [3.63, 3.8) is 0 Å². The van der Waals surface area contributed by atoms with E-state index in [1.807, 2.05) is 26.0 Å². The molecule has 5 heteroatoms. The Labute approximate surface area is 127 Å². The Morgan fingerprint density at radius 2 is 1.86 bits per heavy atom. The van der Waals surface area contributed by atoms with Gasteiger partial charge in [-0.1, -0.05) is 0 Å². The van der Waals surface area contributed by atoms with Gasteiger partial charge >= 0.3 is 5.97 Å². The highest BCUT2D eigenvalue weighted by Crippen LogP contribution is 2.27. The van der Waals surface area contributed by atoms with Crippen LogP contribution in [0, 0.1) is 13.8 Å². The average molecular weight is 297 g/mol. The van der Waals surface area contributed by atoms with Crippen LogP contribution >= 0.6 is 0 Å². The number of hydrogen-bond donors (Lipinski definition) is 1. The molecule has 0 fully saturated rings. The topological polar surface area (TPSA) is 72.6 Å². The van der Waals surface area contributed by atoms with Crippen molar-refractivity contribution < 1.29 is 19.1 Å². The lowest BCUT2D eigenvalue weighted by Crippen LogP contribution is -2.09. The number of aromatic nitrogens is 1. The first-order valence-electron chi connectivity index (χ1n) is 6.86. The second-order valence-corrected chi connectivity index (χ2v) is 5.13. The summed E-state index contributed by atoms with van der Waals surface area (Å²) in [5, 5.41) is 8.58. The molecule has 0 aliphatic carbocycles. The fourth-order valence-electron chi connectivity index (χ4n) is 2.14. The van der Waals surface area contributed by atoms with Crippen LogP contribution < -0.4 is 4.74 Å². The molecule has 1 heterocycles. The van der Waals surface area contributed by atoms with E-state index >= 15 is 0 Å². The third-order valence-electron chi connectivity index (χ3n) is 3.47. The number of benzene rings is 2. The molecule has 112 valence electrons. The van der Waals surface area contributed by atoms with Gasteiger partial charge in [-0.2, -0.15) is 0 Å². The van der Waals surface area contributed by atoms with Crippen LogP contribution in [0.25, 0.3) is 22.6 Å². The number of nitrogens with zero attached hydrogens (tertiary/aromatic N) is 1.